The van der Waals surface area contributed by atoms with E-state index in [9.17, 15) is 9.18 Å². The molecular formula is C26H31FN4O2S. The first-order valence-electron chi connectivity index (χ1n) is 11.7. The van der Waals surface area contributed by atoms with Crippen molar-refractivity contribution in [3.05, 3.63) is 59.9 Å². The van der Waals surface area contributed by atoms with Crippen molar-refractivity contribution in [3.63, 3.8) is 0 Å². The highest BCUT2D eigenvalue weighted by Gasteiger charge is 2.25. The average Bonchev–Trinajstić information content (AvgIpc) is 3.31. The molecule has 0 N–H and O–H groups in total. The summed E-state index contributed by atoms with van der Waals surface area (Å²) in [5.74, 6) is 1.60. The molecule has 1 heterocycles. The van der Waals surface area contributed by atoms with Crippen molar-refractivity contribution >= 4 is 17.7 Å². The van der Waals surface area contributed by atoms with Gasteiger partial charge in [-0.3, -0.25) is 9.36 Å². The largest absolute Gasteiger partial charge is 0.497 e. The number of hydrogen-bond acceptors (Lipinski definition) is 5. The summed E-state index contributed by atoms with van der Waals surface area (Å²) in [6, 6.07) is 14.3. The fraction of sp³-hybridized carbons (Fsp3) is 0.423. The lowest BCUT2D eigenvalue weighted by molar-refractivity contribution is -0.128. The minimum absolute atomic E-state index is 0.00832. The summed E-state index contributed by atoms with van der Waals surface area (Å²) in [7, 11) is 3.44. The van der Waals surface area contributed by atoms with Crippen LogP contribution in [0.25, 0.3) is 11.4 Å². The van der Waals surface area contributed by atoms with E-state index in [1.807, 2.05) is 31.2 Å². The fourth-order valence-corrected chi connectivity index (χ4v) is 5.32. The Bertz CT molecular complexity index is 1090. The molecule has 1 aliphatic rings. The number of ether oxygens (including phenoxy) is 1. The van der Waals surface area contributed by atoms with Crippen LogP contribution in [-0.4, -0.2) is 45.5 Å². The van der Waals surface area contributed by atoms with E-state index < -0.39 is 0 Å². The number of amides is 1. The van der Waals surface area contributed by atoms with Gasteiger partial charge in [-0.2, -0.15) is 0 Å². The zero-order chi connectivity index (χ0) is 24.1. The molecule has 3 aromatic rings. The van der Waals surface area contributed by atoms with Crippen molar-refractivity contribution in [2.45, 2.75) is 56.3 Å². The maximum absolute atomic E-state index is 13.3. The molecule has 1 amide bonds. The minimum atomic E-state index is -0.282. The Morgan fingerprint density at radius 1 is 1.12 bits per heavy atom. The zero-order valence-corrected chi connectivity index (χ0v) is 20.7. The summed E-state index contributed by atoms with van der Waals surface area (Å²) in [5.41, 5.74) is 1.88. The van der Waals surface area contributed by atoms with Crippen LogP contribution in [0, 0.1) is 5.82 Å². The van der Waals surface area contributed by atoms with Crippen LogP contribution in [0.3, 0.4) is 0 Å². The SMILES string of the molecule is COc1ccc(-c2nnc(SCC(=O)N(C)C(C)c3ccc(F)cc3)n2C2CCCCC2)cc1. The standard InChI is InChI=1S/C26H31FN4O2S/c1-18(19-9-13-21(27)14-10-19)30(2)24(32)17-34-26-29-28-25(20-11-15-23(33-3)16-12-20)31(26)22-7-5-4-6-8-22/h9-16,18,22H,4-8,17H2,1-3H3. The summed E-state index contributed by atoms with van der Waals surface area (Å²) < 4.78 is 20.8. The Hall–Kier alpha value is -2.87. The minimum Gasteiger partial charge on any atom is -0.497 e. The van der Waals surface area contributed by atoms with Gasteiger partial charge in [0, 0.05) is 18.7 Å². The van der Waals surface area contributed by atoms with Crippen molar-refractivity contribution in [2.24, 2.45) is 0 Å². The van der Waals surface area contributed by atoms with Crippen LogP contribution < -0.4 is 4.74 Å². The van der Waals surface area contributed by atoms with E-state index >= 15 is 0 Å². The molecule has 1 aliphatic carbocycles. The lowest BCUT2D eigenvalue weighted by Crippen LogP contribution is -2.31. The molecular weight excluding hydrogens is 451 g/mol. The number of halogens is 1. The fourth-order valence-electron chi connectivity index (χ4n) is 4.39. The Labute approximate surface area is 204 Å². The Kier molecular flexibility index (Phi) is 7.88. The molecule has 1 aromatic heterocycles. The maximum Gasteiger partial charge on any atom is 0.233 e. The highest BCUT2D eigenvalue weighted by molar-refractivity contribution is 7.99. The van der Waals surface area contributed by atoms with Gasteiger partial charge in [-0.1, -0.05) is 43.2 Å². The number of methoxy groups -OCH3 is 1. The van der Waals surface area contributed by atoms with E-state index in [1.165, 1.54) is 43.2 Å². The van der Waals surface area contributed by atoms with Crippen molar-refractivity contribution in [1.29, 1.82) is 0 Å². The Morgan fingerprint density at radius 2 is 1.79 bits per heavy atom. The molecule has 0 bridgehead atoms. The van der Waals surface area contributed by atoms with E-state index in [2.05, 4.69) is 14.8 Å². The van der Waals surface area contributed by atoms with Crippen LogP contribution in [0.1, 0.15) is 56.7 Å². The van der Waals surface area contributed by atoms with Crippen LogP contribution in [0.4, 0.5) is 4.39 Å². The number of carbonyl (C=O) groups excluding carboxylic acids is 1. The second kappa shape index (κ2) is 11.0. The van der Waals surface area contributed by atoms with Crippen LogP contribution >= 0.6 is 11.8 Å². The van der Waals surface area contributed by atoms with E-state index in [0.29, 0.717) is 6.04 Å². The molecule has 180 valence electrons. The van der Waals surface area contributed by atoms with Gasteiger partial charge in [0.05, 0.1) is 18.9 Å². The van der Waals surface area contributed by atoms with Crippen molar-refractivity contribution in [2.75, 3.05) is 19.9 Å². The molecule has 8 heteroatoms. The molecule has 1 fully saturated rings. The molecule has 0 spiro atoms. The van der Waals surface area contributed by atoms with E-state index in [4.69, 9.17) is 4.74 Å². The lowest BCUT2D eigenvalue weighted by Gasteiger charge is -2.27. The second-order valence-electron chi connectivity index (χ2n) is 8.72. The predicted molar refractivity (Wildman–Crippen MR) is 132 cm³/mol. The third-order valence-electron chi connectivity index (χ3n) is 6.60. The van der Waals surface area contributed by atoms with E-state index in [0.717, 1.165) is 40.7 Å². The molecule has 34 heavy (non-hydrogen) atoms. The molecule has 2 aromatic carbocycles. The van der Waals surface area contributed by atoms with Gasteiger partial charge in [-0.15, -0.1) is 10.2 Å². The van der Waals surface area contributed by atoms with Crippen LogP contribution in [-0.2, 0) is 4.79 Å². The summed E-state index contributed by atoms with van der Waals surface area (Å²) in [5, 5.41) is 9.78. The lowest BCUT2D eigenvalue weighted by atomic mass is 9.95. The third-order valence-corrected chi connectivity index (χ3v) is 7.53. The molecule has 0 aliphatic heterocycles. The number of aromatic nitrogens is 3. The number of carbonyl (C=O) groups is 1. The molecule has 4 rings (SSSR count). The van der Waals surface area contributed by atoms with Crippen LogP contribution in [0.2, 0.25) is 0 Å². The highest BCUT2D eigenvalue weighted by atomic mass is 32.2. The monoisotopic (exact) mass is 482 g/mol. The predicted octanol–water partition coefficient (Wildman–Crippen LogP) is 5.91. The summed E-state index contributed by atoms with van der Waals surface area (Å²) in [6.45, 7) is 1.95. The van der Waals surface area contributed by atoms with Gasteiger partial charge < -0.3 is 9.64 Å². The Balaban J connectivity index is 1.52. The number of rotatable bonds is 8. The van der Waals surface area contributed by atoms with Crippen molar-refractivity contribution in [3.8, 4) is 17.1 Å². The number of benzene rings is 2. The van der Waals surface area contributed by atoms with Crippen molar-refractivity contribution in [1.82, 2.24) is 19.7 Å². The number of nitrogens with zero attached hydrogens (tertiary/aromatic N) is 4. The second-order valence-corrected chi connectivity index (χ2v) is 9.66. The van der Waals surface area contributed by atoms with Crippen LogP contribution in [0.15, 0.2) is 53.7 Å². The first-order valence-corrected chi connectivity index (χ1v) is 12.7. The quantitative estimate of drug-likeness (QED) is 0.374. The van der Waals surface area contributed by atoms with Gasteiger partial charge in [0.15, 0.2) is 11.0 Å². The topological polar surface area (TPSA) is 60.3 Å². The van der Waals surface area contributed by atoms with E-state index in [-0.39, 0.29) is 23.5 Å². The summed E-state index contributed by atoms with van der Waals surface area (Å²) in [4.78, 5) is 14.7. The highest BCUT2D eigenvalue weighted by Crippen LogP contribution is 2.36. The van der Waals surface area contributed by atoms with E-state index in [1.54, 1.807) is 31.2 Å². The normalized spacial score (nSPS) is 15.2. The van der Waals surface area contributed by atoms with Crippen molar-refractivity contribution < 1.29 is 13.9 Å². The third kappa shape index (κ3) is 5.43. The number of hydrogen-bond donors (Lipinski definition) is 0. The number of thioether (sulfide) groups is 1. The first-order chi connectivity index (χ1) is 16.5. The van der Waals surface area contributed by atoms with Gasteiger partial charge in [-0.25, -0.2) is 4.39 Å². The molecule has 1 unspecified atom stereocenters. The maximum atomic E-state index is 13.3. The van der Waals surface area contributed by atoms with Gasteiger partial charge in [0.2, 0.25) is 5.91 Å². The van der Waals surface area contributed by atoms with Gasteiger partial charge in [0.25, 0.3) is 0 Å². The van der Waals surface area contributed by atoms with Crippen LogP contribution in [0.5, 0.6) is 5.75 Å². The molecule has 1 atom stereocenters. The zero-order valence-electron chi connectivity index (χ0n) is 19.9. The van der Waals surface area contributed by atoms with Gasteiger partial charge in [0.1, 0.15) is 11.6 Å². The first kappa shape index (κ1) is 24.3. The molecule has 0 radical (unpaired) electrons. The van der Waals surface area contributed by atoms with Gasteiger partial charge >= 0.3 is 0 Å². The summed E-state index contributed by atoms with van der Waals surface area (Å²) >= 11 is 1.43. The average molecular weight is 483 g/mol. The molecule has 6 nitrogen and oxygen atoms in total. The Morgan fingerprint density at radius 3 is 2.44 bits per heavy atom. The summed E-state index contributed by atoms with van der Waals surface area (Å²) in [6.07, 6.45) is 5.80. The van der Waals surface area contributed by atoms with Gasteiger partial charge in [-0.05, 0) is 61.7 Å². The molecule has 0 saturated heterocycles. The smallest absolute Gasteiger partial charge is 0.233 e. The molecule has 1 saturated carbocycles.